The van der Waals surface area contributed by atoms with E-state index in [1.165, 1.54) is 28.8 Å². The van der Waals surface area contributed by atoms with Gasteiger partial charge in [0.15, 0.2) is 0 Å². The summed E-state index contributed by atoms with van der Waals surface area (Å²) >= 11 is 0. The van der Waals surface area contributed by atoms with Gasteiger partial charge in [0.05, 0.1) is 0 Å². The number of benzene rings is 3. The van der Waals surface area contributed by atoms with Crippen LogP contribution in [0.4, 0.5) is 0 Å². The fraction of sp³-hybridized carbons (Fsp3) is 0.286. The topological polar surface area (TPSA) is 71.8 Å². The molecule has 3 aromatic carbocycles. The van der Waals surface area contributed by atoms with E-state index in [1.807, 2.05) is 0 Å². The first-order valence-corrected chi connectivity index (χ1v) is 14.0. The fourth-order valence-corrected chi connectivity index (χ4v) is 11.4. The van der Waals surface area contributed by atoms with Crippen LogP contribution in [0.15, 0.2) is 91.0 Å². The van der Waals surface area contributed by atoms with Crippen molar-refractivity contribution in [1.29, 1.82) is 10.8 Å². The van der Waals surface area contributed by atoms with E-state index in [4.69, 9.17) is 10.8 Å². The van der Waals surface area contributed by atoms with Gasteiger partial charge < -0.3 is 0 Å². The number of nitrogens with one attached hydrogen (secondary N) is 4. The molecule has 1 aliphatic rings. The molecule has 1 saturated carbocycles. The summed E-state index contributed by atoms with van der Waals surface area (Å²) in [6.07, 6.45) is 4.72. The number of guanidine groups is 1. The maximum atomic E-state index is 7.96. The fourth-order valence-electron chi connectivity index (χ4n) is 5.59. The maximum absolute atomic E-state index is 7.96. The first-order valence-electron chi connectivity index (χ1n) is 11.9. The molecule has 0 radical (unpaired) electrons. The summed E-state index contributed by atoms with van der Waals surface area (Å²) in [6.45, 7) is 2.45. The standard InChI is InChI=1S/C28H35N4P/c1-22(29)32-28(30)31-21-23-17-19-27(20-18-23)33(24-11-5-2-6-12-24,25-13-7-3-8-14-25)26-15-9-4-10-16-26/h2-16,23,27,33H,17-21H2,1H3,(H4,29,30,31,32). The Morgan fingerprint density at radius 1 is 0.727 bits per heavy atom. The normalized spacial score (nSPS) is 18.8. The summed E-state index contributed by atoms with van der Waals surface area (Å²) in [5.74, 6) is 1.08. The average Bonchev–Trinajstić information content (AvgIpc) is 2.86. The summed E-state index contributed by atoms with van der Waals surface area (Å²) < 4.78 is 0. The second kappa shape index (κ2) is 10.8. The van der Waals surface area contributed by atoms with E-state index < -0.39 is 7.26 Å². The zero-order chi connectivity index (χ0) is 23.1. The molecular formula is C28H35N4P. The predicted molar refractivity (Wildman–Crippen MR) is 145 cm³/mol. The van der Waals surface area contributed by atoms with E-state index in [0.717, 1.165) is 19.4 Å². The van der Waals surface area contributed by atoms with Gasteiger partial charge >= 0.3 is 198 Å². The minimum absolute atomic E-state index is 0.228. The first-order chi connectivity index (χ1) is 16.1. The molecule has 5 heteroatoms. The molecule has 0 aromatic heterocycles. The minimum atomic E-state index is -2.22. The summed E-state index contributed by atoms with van der Waals surface area (Å²) in [5.41, 5.74) is 0.627. The molecule has 4 nitrogen and oxygen atoms in total. The van der Waals surface area contributed by atoms with Crippen molar-refractivity contribution in [3.63, 3.8) is 0 Å². The van der Waals surface area contributed by atoms with Crippen molar-refractivity contribution in [3.8, 4) is 0 Å². The zero-order valence-corrected chi connectivity index (χ0v) is 20.4. The molecular weight excluding hydrogens is 423 g/mol. The van der Waals surface area contributed by atoms with Crippen LogP contribution in [0.1, 0.15) is 32.6 Å². The Balaban J connectivity index is 1.64. The molecule has 0 bridgehead atoms. The molecule has 4 rings (SSSR count). The molecule has 4 N–H and O–H groups in total. The molecule has 3 aromatic rings. The number of hydrogen-bond donors (Lipinski definition) is 4. The van der Waals surface area contributed by atoms with Crippen molar-refractivity contribution >= 4 is 35.0 Å². The van der Waals surface area contributed by atoms with Gasteiger partial charge in [-0.3, -0.25) is 0 Å². The third-order valence-corrected chi connectivity index (χ3v) is 12.6. The van der Waals surface area contributed by atoms with E-state index in [-0.39, 0.29) is 5.96 Å². The Labute approximate surface area is 198 Å². The van der Waals surface area contributed by atoms with Crippen LogP contribution in [0.2, 0.25) is 0 Å². The van der Waals surface area contributed by atoms with Crippen molar-refractivity contribution < 1.29 is 0 Å². The van der Waals surface area contributed by atoms with Gasteiger partial charge in [-0.05, 0) is 0 Å². The van der Waals surface area contributed by atoms with E-state index in [9.17, 15) is 0 Å². The first kappa shape index (κ1) is 23.2. The van der Waals surface area contributed by atoms with Crippen molar-refractivity contribution in [1.82, 2.24) is 10.6 Å². The molecule has 0 atom stereocenters. The Morgan fingerprint density at radius 3 is 1.55 bits per heavy atom. The van der Waals surface area contributed by atoms with Crippen molar-refractivity contribution in [3.05, 3.63) is 91.0 Å². The molecule has 1 fully saturated rings. The van der Waals surface area contributed by atoms with Crippen LogP contribution in [0.3, 0.4) is 0 Å². The van der Waals surface area contributed by atoms with E-state index >= 15 is 0 Å². The van der Waals surface area contributed by atoms with Gasteiger partial charge in [0.1, 0.15) is 0 Å². The van der Waals surface area contributed by atoms with Crippen LogP contribution >= 0.6 is 7.26 Å². The number of hydrogen-bond acceptors (Lipinski definition) is 2. The summed E-state index contributed by atoms with van der Waals surface area (Å²) in [4.78, 5) is 0. The van der Waals surface area contributed by atoms with Gasteiger partial charge in [-0.2, -0.15) is 0 Å². The van der Waals surface area contributed by atoms with Crippen molar-refractivity contribution in [2.75, 3.05) is 6.54 Å². The molecule has 0 saturated heterocycles. The zero-order valence-electron chi connectivity index (χ0n) is 19.4. The second-order valence-corrected chi connectivity index (χ2v) is 13.3. The monoisotopic (exact) mass is 458 g/mol. The SMILES string of the molecule is CC(=N)NC(=N)NCC1CCC([PH](c2ccccc2)(c2ccccc2)c2ccccc2)CC1. The van der Waals surface area contributed by atoms with Crippen LogP contribution < -0.4 is 26.5 Å². The molecule has 0 amide bonds. The van der Waals surface area contributed by atoms with Crippen LogP contribution in [-0.2, 0) is 0 Å². The number of rotatable bonds is 6. The molecule has 33 heavy (non-hydrogen) atoms. The van der Waals surface area contributed by atoms with Gasteiger partial charge in [0.2, 0.25) is 0 Å². The number of amidine groups is 1. The van der Waals surface area contributed by atoms with E-state index in [2.05, 4.69) is 102 Å². The van der Waals surface area contributed by atoms with Gasteiger partial charge in [0.25, 0.3) is 0 Å². The predicted octanol–water partition coefficient (Wildman–Crippen LogP) is 4.38. The quantitative estimate of drug-likeness (QED) is 0.251. The summed E-state index contributed by atoms with van der Waals surface area (Å²) in [5, 5.41) is 25.9. The third-order valence-electron chi connectivity index (χ3n) is 7.03. The molecule has 0 heterocycles. The van der Waals surface area contributed by atoms with Gasteiger partial charge in [-0.1, -0.05) is 0 Å². The van der Waals surface area contributed by atoms with E-state index in [0.29, 0.717) is 17.4 Å². The van der Waals surface area contributed by atoms with Crippen LogP contribution in [0.5, 0.6) is 0 Å². The second-order valence-electron chi connectivity index (χ2n) is 9.13. The van der Waals surface area contributed by atoms with E-state index in [1.54, 1.807) is 6.92 Å². The van der Waals surface area contributed by atoms with Crippen molar-refractivity contribution in [2.24, 2.45) is 5.92 Å². The summed E-state index contributed by atoms with van der Waals surface area (Å²) in [7, 11) is -2.22. The van der Waals surface area contributed by atoms with Gasteiger partial charge in [-0.15, -0.1) is 0 Å². The van der Waals surface area contributed by atoms with Crippen LogP contribution in [0, 0.1) is 16.7 Å². The van der Waals surface area contributed by atoms with Gasteiger partial charge in [-0.25, -0.2) is 0 Å². The Bertz CT molecular complexity index is 948. The van der Waals surface area contributed by atoms with Crippen LogP contribution in [-0.4, -0.2) is 24.0 Å². The molecule has 1 aliphatic carbocycles. The molecule has 0 aliphatic heterocycles. The third kappa shape index (κ3) is 5.17. The Hall–Kier alpha value is -2.97. The molecule has 0 spiro atoms. The molecule has 0 unspecified atom stereocenters. The van der Waals surface area contributed by atoms with Crippen molar-refractivity contribution in [2.45, 2.75) is 38.3 Å². The Kier molecular flexibility index (Phi) is 7.57. The molecule has 172 valence electrons. The average molecular weight is 459 g/mol. The van der Waals surface area contributed by atoms with Crippen LogP contribution in [0.25, 0.3) is 0 Å². The summed E-state index contributed by atoms with van der Waals surface area (Å²) in [6, 6.07) is 33.7. The van der Waals surface area contributed by atoms with Gasteiger partial charge in [0, 0.05) is 0 Å². The Morgan fingerprint density at radius 2 is 1.15 bits per heavy atom.